The molecule has 2 atom stereocenters. The number of nitrogens with two attached hydrogens (primary N) is 1. The van der Waals surface area contributed by atoms with Crippen LogP contribution in [0.3, 0.4) is 0 Å². The van der Waals surface area contributed by atoms with E-state index in [1.54, 1.807) is 18.4 Å². The molecule has 1 aromatic rings. The van der Waals surface area contributed by atoms with Crippen molar-refractivity contribution >= 4 is 40.0 Å². The molecule has 1 fully saturated rings. The summed E-state index contributed by atoms with van der Waals surface area (Å²) in [6.45, 7) is 2.44. The zero-order valence-corrected chi connectivity index (χ0v) is 14.4. The van der Waals surface area contributed by atoms with Crippen LogP contribution in [0.15, 0.2) is 23.2 Å². The van der Waals surface area contributed by atoms with E-state index in [9.17, 15) is 4.21 Å². The maximum atomic E-state index is 11.6. The van der Waals surface area contributed by atoms with Crippen LogP contribution in [-0.4, -0.2) is 27.7 Å². The first-order valence-corrected chi connectivity index (χ1v) is 9.00. The molecular weight excluding hydrogens is 329 g/mol. The molecule has 0 radical (unpaired) electrons. The van der Waals surface area contributed by atoms with Gasteiger partial charge < -0.3 is 11.1 Å². The summed E-state index contributed by atoms with van der Waals surface area (Å²) in [7, 11) is -0.862. The highest BCUT2D eigenvalue weighted by Crippen LogP contribution is 2.41. The van der Waals surface area contributed by atoms with Crippen molar-refractivity contribution in [2.24, 2.45) is 10.7 Å². The van der Waals surface area contributed by atoms with E-state index < -0.39 is 10.8 Å². The van der Waals surface area contributed by atoms with Crippen molar-refractivity contribution < 1.29 is 4.21 Å². The number of nitrogens with zero attached hydrogens (tertiary/aromatic N) is 1. The van der Waals surface area contributed by atoms with Gasteiger partial charge in [-0.1, -0.05) is 29.3 Å². The van der Waals surface area contributed by atoms with E-state index in [-0.39, 0.29) is 10.8 Å². The first kappa shape index (κ1) is 16.6. The molecule has 7 heteroatoms. The Morgan fingerprint density at radius 2 is 2.19 bits per heavy atom. The van der Waals surface area contributed by atoms with Gasteiger partial charge in [0.1, 0.15) is 0 Å². The Hall–Kier alpha value is -0.780. The fourth-order valence-electron chi connectivity index (χ4n) is 2.10. The largest absolute Gasteiger partial charge is 0.370 e. The molecule has 0 aliphatic heterocycles. The number of guanidine groups is 1. The van der Waals surface area contributed by atoms with Crippen LogP contribution in [0.4, 0.5) is 0 Å². The van der Waals surface area contributed by atoms with Gasteiger partial charge in [-0.15, -0.1) is 0 Å². The maximum Gasteiger partial charge on any atom is 0.189 e. The van der Waals surface area contributed by atoms with Crippen molar-refractivity contribution in [2.45, 2.75) is 30.6 Å². The second kappa shape index (κ2) is 6.55. The standard InChI is InChI=1S/C14H19Cl2N3OS/c1-9(11-4-3-10(15)7-12(11)16)19-13(17)18-8-14(5-6-14)21(2)20/h3-4,7,9H,5-6,8H2,1-2H3,(H3,17,18,19). The normalized spacial score (nSPS) is 19.9. The summed E-state index contributed by atoms with van der Waals surface area (Å²) in [5, 5.41) is 4.28. The van der Waals surface area contributed by atoms with Gasteiger partial charge in [-0.3, -0.25) is 9.20 Å². The molecule has 116 valence electrons. The molecule has 0 saturated heterocycles. The fraction of sp³-hybridized carbons (Fsp3) is 0.500. The van der Waals surface area contributed by atoms with Gasteiger partial charge in [0.05, 0.1) is 17.3 Å². The molecular formula is C14H19Cl2N3OS. The van der Waals surface area contributed by atoms with E-state index in [1.165, 1.54) is 0 Å². The molecule has 0 aromatic heterocycles. The highest BCUT2D eigenvalue weighted by molar-refractivity contribution is 7.86. The van der Waals surface area contributed by atoms with Crippen LogP contribution >= 0.6 is 23.2 Å². The minimum atomic E-state index is -0.862. The second-order valence-corrected chi connectivity index (χ2v) is 7.99. The summed E-state index contributed by atoms with van der Waals surface area (Å²) in [4.78, 5) is 4.31. The van der Waals surface area contributed by atoms with Gasteiger partial charge in [0.25, 0.3) is 0 Å². The third-order valence-electron chi connectivity index (χ3n) is 3.75. The van der Waals surface area contributed by atoms with Crippen LogP contribution in [-0.2, 0) is 10.8 Å². The van der Waals surface area contributed by atoms with Gasteiger partial charge in [-0.05, 0) is 37.5 Å². The summed E-state index contributed by atoms with van der Waals surface area (Å²) >= 11 is 12.0. The highest BCUT2D eigenvalue weighted by Gasteiger charge is 2.46. The predicted molar refractivity (Wildman–Crippen MR) is 90.5 cm³/mol. The Kier molecular flexibility index (Phi) is 5.17. The van der Waals surface area contributed by atoms with E-state index in [0.717, 1.165) is 18.4 Å². The van der Waals surface area contributed by atoms with Gasteiger partial charge in [0, 0.05) is 27.1 Å². The maximum absolute atomic E-state index is 11.6. The zero-order chi connectivity index (χ0) is 15.6. The Morgan fingerprint density at radius 1 is 1.52 bits per heavy atom. The van der Waals surface area contributed by atoms with Gasteiger partial charge in [0.15, 0.2) is 5.96 Å². The Morgan fingerprint density at radius 3 is 2.71 bits per heavy atom. The lowest BCUT2D eigenvalue weighted by molar-refractivity contribution is 0.670. The first-order valence-electron chi connectivity index (χ1n) is 6.69. The van der Waals surface area contributed by atoms with Gasteiger partial charge in [-0.25, -0.2) is 0 Å². The zero-order valence-electron chi connectivity index (χ0n) is 12.0. The number of hydrogen-bond donors (Lipinski definition) is 2. The van der Waals surface area contributed by atoms with Crippen LogP contribution in [0, 0.1) is 0 Å². The van der Waals surface area contributed by atoms with Crippen LogP contribution in [0.25, 0.3) is 0 Å². The van der Waals surface area contributed by atoms with Crippen molar-refractivity contribution in [3.63, 3.8) is 0 Å². The lowest BCUT2D eigenvalue weighted by Gasteiger charge is -2.17. The first-order chi connectivity index (χ1) is 9.84. The molecule has 1 saturated carbocycles. The van der Waals surface area contributed by atoms with Gasteiger partial charge >= 0.3 is 0 Å². The van der Waals surface area contributed by atoms with Crippen molar-refractivity contribution in [1.29, 1.82) is 0 Å². The molecule has 2 unspecified atom stereocenters. The number of benzene rings is 1. The predicted octanol–water partition coefficient (Wildman–Crippen LogP) is 2.87. The SMILES string of the molecule is CC(NC(N)=NCC1(S(C)=O)CC1)c1ccc(Cl)cc1Cl. The van der Waals surface area contributed by atoms with E-state index in [2.05, 4.69) is 10.3 Å². The van der Waals surface area contributed by atoms with E-state index in [4.69, 9.17) is 28.9 Å². The Labute approximate surface area is 137 Å². The molecule has 0 spiro atoms. The molecule has 3 N–H and O–H groups in total. The lowest BCUT2D eigenvalue weighted by Crippen LogP contribution is -2.35. The molecule has 2 rings (SSSR count). The number of halogens is 2. The topological polar surface area (TPSA) is 67.5 Å². The highest BCUT2D eigenvalue weighted by atomic mass is 35.5. The van der Waals surface area contributed by atoms with Gasteiger partial charge in [0.2, 0.25) is 0 Å². The summed E-state index contributed by atoms with van der Waals surface area (Å²) < 4.78 is 11.5. The molecule has 0 heterocycles. The Balaban J connectivity index is 1.98. The quantitative estimate of drug-likeness (QED) is 0.635. The smallest absolute Gasteiger partial charge is 0.189 e. The summed E-state index contributed by atoms with van der Waals surface area (Å²) in [5.74, 6) is 0.338. The minimum absolute atomic E-state index is 0.0826. The van der Waals surface area contributed by atoms with Gasteiger partial charge in [-0.2, -0.15) is 0 Å². The molecule has 1 aromatic carbocycles. The number of rotatable bonds is 5. The monoisotopic (exact) mass is 347 g/mol. The third kappa shape index (κ3) is 4.11. The minimum Gasteiger partial charge on any atom is -0.370 e. The van der Waals surface area contributed by atoms with Crippen molar-refractivity contribution in [3.05, 3.63) is 33.8 Å². The molecule has 4 nitrogen and oxygen atoms in total. The number of hydrogen-bond acceptors (Lipinski definition) is 2. The summed E-state index contributed by atoms with van der Waals surface area (Å²) in [6.07, 6.45) is 3.62. The van der Waals surface area contributed by atoms with E-state index >= 15 is 0 Å². The molecule has 21 heavy (non-hydrogen) atoms. The van der Waals surface area contributed by atoms with Crippen LogP contribution in [0.1, 0.15) is 31.4 Å². The fourth-order valence-corrected chi connectivity index (χ4v) is 3.60. The number of aliphatic imine (C=N–C) groups is 1. The average Bonchev–Trinajstić information content (AvgIpc) is 3.17. The number of nitrogens with one attached hydrogen (secondary N) is 1. The van der Waals surface area contributed by atoms with E-state index in [1.807, 2.05) is 13.0 Å². The third-order valence-corrected chi connectivity index (χ3v) is 6.07. The van der Waals surface area contributed by atoms with Crippen molar-refractivity contribution in [1.82, 2.24) is 5.32 Å². The summed E-state index contributed by atoms with van der Waals surface area (Å²) in [5.41, 5.74) is 6.80. The van der Waals surface area contributed by atoms with Crippen molar-refractivity contribution in [2.75, 3.05) is 12.8 Å². The summed E-state index contributed by atoms with van der Waals surface area (Å²) in [6, 6.07) is 5.26. The van der Waals surface area contributed by atoms with Crippen LogP contribution < -0.4 is 11.1 Å². The van der Waals surface area contributed by atoms with Crippen molar-refractivity contribution in [3.8, 4) is 0 Å². The lowest BCUT2D eigenvalue weighted by atomic mass is 10.1. The Bertz CT molecular complexity index is 588. The molecule has 1 aliphatic carbocycles. The molecule has 0 amide bonds. The average molecular weight is 348 g/mol. The van der Waals surface area contributed by atoms with E-state index in [0.29, 0.717) is 22.5 Å². The molecule has 0 bridgehead atoms. The second-order valence-electron chi connectivity index (χ2n) is 5.37. The van der Waals surface area contributed by atoms with Crippen LogP contribution in [0.5, 0.6) is 0 Å². The van der Waals surface area contributed by atoms with Crippen LogP contribution in [0.2, 0.25) is 10.0 Å². The molecule has 1 aliphatic rings.